The Morgan fingerprint density at radius 1 is 1.14 bits per heavy atom. The van der Waals surface area contributed by atoms with Gasteiger partial charge >= 0.3 is 0 Å². The molecule has 1 fully saturated rings. The zero-order valence-electron chi connectivity index (χ0n) is 10.1. The first-order valence-electron chi connectivity index (χ1n) is 5.81. The van der Waals surface area contributed by atoms with Crippen LogP contribution in [-0.2, 0) is 0 Å². The average Bonchev–Trinajstić information content (AvgIpc) is 2.02. The molecule has 84 valence electrons. The highest BCUT2D eigenvalue weighted by atomic mass is 16.3. The van der Waals surface area contributed by atoms with Crippen LogP contribution in [-0.4, -0.2) is 35.7 Å². The minimum absolute atomic E-state index is 0.308. The maximum atomic E-state index is 10.2. The summed E-state index contributed by atoms with van der Waals surface area (Å²) in [4.78, 5) is 2.19. The molecule has 0 amide bonds. The third-order valence-electron chi connectivity index (χ3n) is 3.38. The Bertz CT molecular complexity index is 166. The van der Waals surface area contributed by atoms with E-state index in [-0.39, 0.29) is 0 Å². The van der Waals surface area contributed by atoms with Gasteiger partial charge in [0.25, 0.3) is 0 Å². The molecule has 0 bridgehead atoms. The molecule has 0 aromatic rings. The molecule has 14 heavy (non-hydrogen) atoms. The third kappa shape index (κ3) is 2.96. The molecule has 2 heteroatoms. The molecule has 1 N–H and O–H groups in total. The second-order valence-electron chi connectivity index (χ2n) is 5.46. The van der Waals surface area contributed by atoms with Crippen molar-refractivity contribution in [3.05, 3.63) is 0 Å². The second-order valence-corrected chi connectivity index (χ2v) is 5.46. The maximum Gasteiger partial charge on any atom is 0.0748 e. The highest BCUT2D eigenvalue weighted by molar-refractivity contribution is 4.90. The molecule has 1 saturated carbocycles. The highest BCUT2D eigenvalue weighted by Gasteiger charge is 2.35. The first-order chi connectivity index (χ1) is 6.43. The van der Waals surface area contributed by atoms with Gasteiger partial charge in [-0.15, -0.1) is 0 Å². The summed E-state index contributed by atoms with van der Waals surface area (Å²) in [5, 5.41) is 10.2. The van der Waals surface area contributed by atoms with Gasteiger partial charge in [0, 0.05) is 6.04 Å². The second kappa shape index (κ2) is 4.63. The first-order valence-corrected chi connectivity index (χ1v) is 5.81. The van der Waals surface area contributed by atoms with Gasteiger partial charge in [0.2, 0.25) is 0 Å². The predicted molar refractivity (Wildman–Crippen MR) is 60.3 cm³/mol. The van der Waals surface area contributed by atoms with Crippen LogP contribution in [0.1, 0.15) is 46.0 Å². The van der Waals surface area contributed by atoms with Gasteiger partial charge in [-0.05, 0) is 46.7 Å². The number of nitrogens with zero attached hydrogens (tertiary/aromatic N) is 1. The molecule has 2 nitrogen and oxygen atoms in total. The SMILES string of the molecule is CN(C)C(C1CCCCC1)C(C)(C)O. The van der Waals surface area contributed by atoms with Gasteiger partial charge in [0.1, 0.15) is 0 Å². The topological polar surface area (TPSA) is 23.5 Å². The molecule has 1 unspecified atom stereocenters. The fourth-order valence-corrected chi connectivity index (χ4v) is 3.08. The standard InChI is InChI=1S/C12H25NO/c1-12(2,14)11(13(3)4)10-8-6-5-7-9-10/h10-11,14H,5-9H2,1-4H3. The van der Waals surface area contributed by atoms with Crippen LogP contribution in [0.5, 0.6) is 0 Å². The van der Waals surface area contributed by atoms with Crippen LogP contribution in [0.25, 0.3) is 0 Å². The molecule has 0 aromatic carbocycles. The predicted octanol–water partition coefficient (Wildman–Crippen LogP) is 2.27. The zero-order valence-corrected chi connectivity index (χ0v) is 10.1. The van der Waals surface area contributed by atoms with E-state index in [4.69, 9.17) is 0 Å². The summed E-state index contributed by atoms with van der Waals surface area (Å²) in [6, 6.07) is 0.308. The maximum absolute atomic E-state index is 10.2. The van der Waals surface area contributed by atoms with Crippen LogP contribution in [0, 0.1) is 5.92 Å². The average molecular weight is 199 g/mol. The lowest BCUT2D eigenvalue weighted by atomic mass is 9.77. The van der Waals surface area contributed by atoms with E-state index in [9.17, 15) is 5.11 Å². The Hall–Kier alpha value is -0.0800. The van der Waals surface area contributed by atoms with Gasteiger partial charge in [-0.3, -0.25) is 0 Å². The third-order valence-corrected chi connectivity index (χ3v) is 3.38. The van der Waals surface area contributed by atoms with E-state index < -0.39 is 5.60 Å². The lowest BCUT2D eigenvalue weighted by Crippen LogP contribution is -2.51. The number of hydrogen-bond donors (Lipinski definition) is 1. The first kappa shape index (κ1) is 12.0. The number of hydrogen-bond acceptors (Lipinski definition) is 2. The van der Waals surface area contributed by atoms with Gasteiger partial charge in [0.15, 0.2) is 0 Å². The monoisotopic (exact) mass is 199 g/mol. The fraction of sp³-hybridized carbons (Fsp3) is 1.00. The molecule has 0 heterocycles. The Morgan fingerprint density at radius 2 is 1.64 bits per heavy atom. The normalized spacial score (nSPS) is 22.7. The van der Waals surface area contributed by atoms with E-state index in [0.717, 1.165) is 0 Å². The van der Waals surface area contributed by atoms with Crippen LogP contribution in [0.4, 0.5) is 0 Å². The molecule has 0 aliphatic heterocycles. The fourth-order valence-electron chi connectivity index (χ4n) is 3.08. The van der Waals surface area contributed by atoms with Crippen LogP contribution in [0.2, 0.25) is 0 Å². The molecule has 0 saturated heterocycles. The van der Waals surface area contributed by atoms with Crippen molar-refractivity contribution in [3.8, 4) is 0 Å². The Morgan fingerprint density at radius 3 is 2.00 bits per heavy atom. The molecule has 0 radical (unpaired) electrons. The van der Waals surface area contributed by atoms with Gasteiger partial charge in [-0.25, -0.2) is 0 Å². The minimum Gasteiger partial charge on any atom is -0.389 e. The summed E-state index contributed by atoms with van der Waals surface area (Å²) >= 11 is 0. The van der Waals surface area contributed by atoms with E-state index in [2.05, 4.69) is 19.0 Å². The summed E-state index contributed by atoms with van der Waals surface area (Å²) in [6.07, 6.45) is 6.62. The van der Waals surface area contributed by atoms with E-state index >= 15 is 0 Å². The Balaban J connectivity index is 2.66. The summed E-state index contributed by atoms with van der Waals surface area (Å²) < 4.78 is 0. The number of aliphatic hydroxyl groups is 1. The van der Waals surface area contributed by atoms with Crippen LogP contribution in [0.15, 0.2) is 0 Å². The molecule has 1 aliphatic rings. The Labute approximate surface area is 88.3 Å². The molecule has 0 aromatic heterocycles. The van der Waals surface area contributed by atoms with Crippen LogP contribution in [0.3, 0.4) is 0 Å². The van der Waals surface area contributed by atoms with Crippen molar-refractivity contribution < 1.29 is 5.11 Å². The van der Waals surface area contributed by atoms with Gasteiger partial charge in [-0.1, -0.05) is 19.3 Å². The van der Waals surface area contributed by atoms with Gasteiger partial charge < -0.3 is 10.0 Å². The van der Waals surface area contributed by atoms with Crippen molar-refractivity contribution >= 4 is 0 Å². The highest BCUT2D eigenvalue weighted by Crippen LogP contribution is 2.33. The summed E-state index contributed by atoms with van der Waals surface area (Å²) in [7, 11) is 4.16. The molecular formula is C12H25NO. The zero-order chi connectivity index (χ0) is 10.8. The number of likely N-dealkylation sites (N-methyl/N-ethyl adjacent to an activating group) is 1. The molecule has 1 atom stereocenters. The molecular weight excluding hydrogens is 174 g/mol. The largest absolute Gasteiger partial charge is 0.389 e. The van der Waals surface area contributed by atoms with E-state index in [0.29, 0.717) is 12.0 Å². The van der Waals surface area contributed by atoms with Crippen LogP contribution < -0.4 is 0 Å². The summed E-state index contributed by atoms with van der Waals surface area (Å²) in [6.45, 7) is 3.87. The quantitative estimate of drug-likeness (QED) is 0.753. The number of rotatable bonds is 3. The van der Waals surface area contributed by atoms with Crippen molar-refractivity contribution in [2.24, 2.45) is 5.92 Å². The van der Waals surface area contributed by atoms with Gasteiger partial charge in [0.05, 0.1) is 5.60 Å². The Kier molecular flexibility index (Phi) is 3.96. The van der Waals surface area contributed by atoms with Crippen molar-refractivity contribution in [2.75, 3.05) is 14.1 Å². The van der Waals surface area contributed by atoms with E-state index in [1.54, 1.807) is 0 Å². The smallest absolute Gasteiger partial charge is 0.0748 e. The van der Waals surface area contributed by atoms with Crippen LogP contribution >= 0.6 is 0 Å². The van der Waals surface area contributed by atoms with Crippen molar-refractivity contribution in [1.29, 1.82) is 0 Å². The lowest BCUT2D eigenvalue weighted by molar-refractivity contribution is -0.0360. The van der Waals surface area contributed by atoms with Gasteiger partial charge in [-0.2, -0.15) is 0 Å². The summed E-state index contributed by atoms with van der Waals surface area (Å²) in [5.74, 6) is 0.679. The summed E-state index contributed by atoms with van der Waals surface area (Å²) in [5.41, 5.74) is -0.578. The van der Waals surface area contributed by atoms with Crippen molar-refractivity contribution in [3.63, 3.8) is 0 Å². The molecule has 1 rings (SSSR count). The minimum atomic E-state index is -0.578. The lowest BCUT2D eigenvalue weighted by Gasteiger charge is -2.42. The molecule has 1 aliphatic carbocycles. The van der Waals surface area contributed by atoms with Crippen molar-refractivity contribution in [1.82, 2.24) is 4.90 Å². The molecule has 0 spiro atoms. The van der Waals surface area contributed by atoms with Crippen molar-refractivity contribution in [2.45, 2.75) is 57.6 Å². The van der Waals surface area contributed by atoms with E-state index in [1.165, 1.54) is 32.1 Å². The van der Waals surface area contributed by atoms with E-state index in [1.807, 2.05) is 13.8 Å².